The van der Waals surface area contributed by atoms with Crippen LogP contribution in [0.2, 0.25) is 0 Å². The van der Waals surface area contributed by atoms with Crippen molar-refractivity contribution in [3.63, 3.8) is 0 Å². The molecule has 1 nitrogen and oxygen atoms in total. The Hall–Kier alpha value is -2.28. The van der Waals surface area contributed by atoms with Gasteiger partial charge in [0.05, 0.1) is 0 Å². The zero-order valence-corrected chi connectivity index (χ0v) is 9.41. The number of hydrogen-bond acceptors (Lipinski definition) is 1. The topological polar surface area (TPSA) is 23.1 Å². The van der Waals surface area contributed by atoms with Gasteiger partial charge in [-0.25, -0.2) is 0 Å². The minimum Gasteiger partial charge on any atom is -0.872 e. The summed E-state index contributed by atoms with van der Waals surface area (Å²) in [5, 5.41) is 11.7. The molecule has 0 bridgehead atoms. The second-order valence-electron chi connectivity index (χ2n) is 3.67. The van der Waals surface area contributed by atoms with Crippen molar-refractivity contribution >= 4 is 5.76 Å². The lowest BCUT2D eigenvalue weighted by Gasteiger charge is -2.10. The molecular formula is C16H13O-. The van der Waals surface area contributed by atoms with E-state index in [1.165, 1.54) is 0 Å². The standard InChI is InChI=1S/C16H14O/c17-16(15-11-2-1-3-12-15)13-7-6-10-14-8-4-5-9-14/h1-13,17H/p-1. The van der Waals surface area contributed by atoms with Gasteiger partial charge in [-0.15, -0.1) is 5.76 Å². The van der Waals surface area contributed by atoms with E-state index in [4.69, 9.17) is 0 Å². The average Bonchev–Trinajstić information content (AvgIpc) is 2.88. The summed E-state index contributed by atoms with van der Waals surface area (Å²) in [6.45, 7) is 0. The molecule has 0 aliphatic heterocycles. The van der Waals surface area contributed by atoms with Crippen molar-refractivity contribution < 1.29 is 5.11 Å². The highest BCUT2D eigenvalue weighted by Gasteiger charge is 1.87. The van der Waals surface area contributed by atoms with E-state index >= 15 is 0 Å². The molecule has 17 heavy (non-hydrogen) atoms. The summed E-state index contributed by atoms with van der Waals surface area (Å²) >= 11 is 0. The minimum absolute atomic E-state index is 0.0257. The lowest BCUT2D eigenvalue weighted by molar-refractivity contribution is -0.243. The summed E-state index contributed by atoms with van der Waals surface area (Å²) in [5.74, 6) is 0.0257. The Bertz CT molecular complexity index is 500. The van der Waals surface area contributed by atoms with Crippen LogP contribution in [0.4, 0.5) is 0 Å². The van der Waals surface area contributed by atoms with Gasteiger partial charge in [0.15, 0.2) is 0 Å². The van der Waals surface area contributed by atoms with E-state index in [0.29, 0.717) is 5.56 Å². The third-order valence-electron chi connectivity index (χ3n) is 2.39. The van der Waals surface area contributed by atoms with Crippen molar-refractivity contribution in [3.05, 3.63) is 90.1 Å². The highest BCUT2D eigenvalue weighted by atomic mass is 16.3. The summed E-state index contributed by atoms with van der Waals surface area (Å²) in [6.07, 6.45) is 15.2. The van der Waals surface area contributed by atoms with Crippen molar-refractivity contribution in [2.45, 2.75) is 0 Å². The Kier molecular flexibility index (Phi) is 3.77. The minimum atomic E-state index is 0.0257. The molecule has 84 valence electrons. The maximum atomic E-state index is 11.7. The van der Waals surface area contributed by atoms with E-state index in [2.05, 4.69) is 0 Å². The number of benzene rings is 1. The zero-order chi connectivity index (χ0) is 11.9. The Balaban J connectivity index is 2.01. The van der Waals surface area contributed by atoms with Crippen molar-refractivity contribution in [2.75, 3.05) is 0 Å². The number of hydrogen-bond donors (Lipinski definition) is 0. The molecule has 1 aromatic carbocycles. The molecule has 0 atom stereocenters. The first-order chi connectivity index (χ1) is 8.36. The second kappa shape index (κ2) is 5.71. The Morgan fingerprint density at radius 1 is 0.941 bits per heavy atom. The van der Waals surface area contributed by atoms with Gasteiger partial charge < -0.3 is 5.11 Å². The van der Waals surface area contributed by atoms with Crippen LogP contribution in [-0.2, 0) is 0 Å². The average molecular weight is 221 g/mol. The lowest BCUT2D eigenvalue weighted by atomic mass is 10.2. The quantitative estimate of drug-likeness (QED) is 0.568. The first-order valence-corrected chi connectivity index (χ1v) is 5.52. The Morgan fingerprint density at radius 2 is 1.65 bits per heavy atom. The molecule has 0 heterocycles. The first kappa shape index (κ1) is 11.2. The van der Waals surface area contributed by atoms with Gasteiger partial charge in [-0.3, -0.25) is 0 Å². The molecule has 0 N–H and O–H groups in total. The fraction of sp³-hybridized carbons (Fsp3) is 0. The van der Waals surface area contributed by atoms with Gasteiger partial charge in [-0.1, -0.05) is 78.9 Å². The van der Waals surface area contributed by atoms with Crippen LogP contribution in [0.3, 0.4) is 0 Å². The third-order valence-corrected chi connectivity index (χ3v) is 2.39. The third kappa shape index (κ3) is 3.35. The van der Waals surface area contributed by atoms with Crippen LogP contribution < -0.4 is 5.11 Å². The maximum absolute atomic E-state index is 11.7. The van der Waals surface area contributed by atoms with E-state index in [0.717, 1.165) is 5.57 Å². The number of rotatable bonds is 3. The molecule has 1 aliphatic carbocycles. The van der Waals surface area contributed by atoms with E-state index in [1.54, 1.807) is 12.2 Å². The van der Waals surface area contributed by atoms with Crippen LogP contribution in [-0.4, -0.2) is 0 Å². The molecule has 1 aliphatic rings. The fourth-order valence-corrected chi connectivity index (χ4v) is 1.51. The molecule has 0 fully saturated rings. The Labute approximate surface area is 101 Å². The SMILES string of the molecule is [O-]C(=CC=CC=C1C=CC=C1)c1ccccc1. The molecule has 0 saturated heterocycles. The molecule has 1 heteroatoms. The molecule has 0 saturated carbocycles. The van der Waals surface area contributed by atoms with Gasteiger partial charge in [0.25, 0.3) is 0 Å². The first-order valence-electron chi connectivity index (χ1n) is 5.52. The fourth-order valence-electron chi connectivity index (χ4n) is 1.51. The summed E-state index contributed by atoms with van der Waals surface area (Å²) < 4.78 is 0. The summed E-state index contributed by atoms with van der Waals surface area (Å²) in [6, 6.07) is 9.25. The monoisotopic (exact) mass is 221 g/mol. The van der Waals surface area contributed by atoms with E-state index in [1.807, 2.05) is 66.8 Å². The van der Waals surface area contributed by atoms with Gasteiger partial charge >= 0.3 is 0 Å². The van der Waals surface area contributed by atoms with Crippen molar-refractivity contribution in [3.8, 4) is 0 Å². The molecule has 0 radical (unpaired) electrons. The van der Waals surface area contributed by atoms with E-state index in [9.17, 15) is 5.11 Å². The van der Waals surface area contributed by atoms with Crippen molar-refractivity contribution in [2.24, 2.45) is 0 Å². The molecule has 0 unspecified atom stereocenters. The van der Waals surface area contributed by atoms with E-state index < -0.39 is 0 Å². The normalized spacial score (nSPS) is 14.8. The van der Waals surface area contributed by atoms with Crippen molar-refractivity contribution in [1.29, 1.82) is 0 Å². The van der Waals surface area contributed by atoms with Crippen LogP contribution in [0.5, 0.6) is 0 Å². The smallest absolute Gasteiger partial charge is 0.0257 e. The molecule has 0 amide bonds. The van der Waals surface area contributed by atoms with Gasteiger partial charge in [0.2, 0.25) is 0 Å². The second-order valence-corrected chi connectivity index (χ2v) is 3.67. The van der Waals surface area contributed by atoms with Gasteiger partial charge in [0, 0.05) is 0 Å². The largest absolute Gasteiger partial charge is 0.872 e. The summed E-state index contributed by atoms with van der Waals surface area (Å²) in [4.78, 5) is 0. The molecule has 0 aromatic heterocycles. The predicted octanol–water partition coefficient (Wildman–Crippen LogP) is 3.00. The Morgan fingerprint density at radius 3 is 2.35 bits per heavy atom. The van der Waals surface area contributed by atoms with E-state index in [-0.39, 0.29) is 5.76 Å². The molecule has 1 aromatic rings. The summed E-state index contributed by atoms with van der Waals surface area (Å²) in [5.41, 5.74) is 1.85. The number of allylic oxidation sites excluding steroid dienone is 9. The maximum Gasteiger partial charge on any atom is -0.0257 e. The highest BCUT2D eigenvalue weighted by molar-refractivity contribution is 5.58. The van der Waals surface area contributed by atoms with Crippen LogP contribution >= 0.6 is 0 Å². The molecule has 2 rings (SSSR count). The lowest BCUT2D eigenvalue weighted by Crippen LogP contribution is -2.00. The van der Waals surface area contributed by atoms with Crippen LogP contribution in [0.15, 0.2) is 84.5 Å². The van der Waals surface area contributed by atoms with Gasteiger partial charge in [0.1, 0.15) is 0 Å². The zero-order valence-electron chi connectivity index (χ0n) is 9.41. The van der Waals surface area contributed by atoms with Crippen LogP contribution in [0.1, 0.15) is 5.56 Å². The van der Waals surface area contributed by atoms with Crippen molar-refractivity contribution in [1.82, 2.24) is 0 Å². The predicted molar refractivity (Wildman–Crippen MR) is 69.9 cm³/mol. The van der Waals surface area contributed by atoms with Crippen LogP contribution in [0.25, 0.3) is 5.76 Å². The molecular weight excluding hydrogens is 208 g/mol. The summed E-state index contributed by atoms with van der Waals surface area (Å²) in [7, 11) is 0. The molecule has 0 spiro atoms. The van der Waals surface area contributed by atoms with Gasteiger partial charge in [-0.05, 0) is 11.1 Å². The van der Waals surface area contributed by atoms with Crippen LogP contribution in [0, 0.1) is 0 Å². The van der Waals surface area contributed by atoms with Gasteiger partial charge in [-0.2, -0.15) is 0 Å². The highest BCUT2D eigenvalue weighted by Crippen LogP contribution is 2.08.